The number of amides is 1. The van der Waals surface area contributed by atoms with Crippen LogP contribution in [0.2, 0.25) is 0 Å². The van der Waals surface area contributed by atoms with Gasteiger partial charge in [0, 0.05) is 36.1 Å². The van der Waals surface area contributed by atoms with Gasteiger partial charge < -0.3 is 10.2 Å². The Labute approximate surface area is 135 Å². The first-order valence-corrected chi connectivity index (χ1v) is 8.68. The van der Waals surface area contributed by atoms with Gasteiger partial charge in [0.05, 0.1) is 0 Å². The van der Waals surface area contributed by atoms with Gasteiger partial charge in [-0.2, -0.15) is 0 Å². The highest BCUT2D eigenvalue weighted by Crippen LogP contribution is 2.29. The van der Waals surface area contributed by atoms with Crippen LogP contribution in [0.1, 0.15) is 37.7 Å². The van der Waals surface area contributed by atoms with Crippen LogP contribution in [0.25, 0.3) is 0 Å². The van der Waals surface area contributed by atoms with E-state index in [9.17, 15) is 4.79 Å². The molecule has 2 fully saturated rings. The lowest BCUT2D eigenvalue weighted by atomic mass is 9.98. The number of nitrogens with zero attached hydrogens (tertiary/aromatic N) is 1. The highest BCUT2D eigenvalue weighted by Gasteiger charge is 2.36. The van der Waals surface area contributed by atoms with Crippen molar-refractivity contribution in [1.29, 1.82) is 0 Å². The zero-order valence-electron chi connectivity index (χ0n) is 12.5. The van der Waals surface area contributed by atoms with Crippen LogP contribution in [0.3, 0.4) is 0 Å². The molecule has 1 aromatic rings. The molecule has 0 aromatic heterocycles. The Hall–Kier alpha value is -0.870. The molecule has 21 heavy (non-hydrogen) atoms. The topological polar surface area (TPSA) is 32.3 Å². The van der Waals surface area contributed by atoms with Crippen molar-refractivity contribution in [3.05, 3.63) is 34.3 Å². The minimum Gasteiger partial charge on any atom is -0.343 e. The number of rotatable bonds is 4. The Morgan fingerprint density at radius 2 is 1.95 bits per heavy atom. The van der Waals surface area contributed by atoms with Crippen LogP contribution in [0, 0.1) is 0 Å². The summed E-state index contributed by atoms with van der Waals surface area (Å²) in [6.07, 6.45) is 6.20. The number of hydrogen-bond acceptors (Lipinski definition) is 2. The van der Waals surface area contributed by atoms with Crippen LogP contribution < -0.4 is 5.32 Å². The van der Waals surface area contributed by atoms with Gasteiger partial charge in [-0.3, -0.25) is 4.79 Å². The van der Waals surface area contributed by atoms with E-state index in [0.717, 1.165) is 23.7 Å². The SMILES string of the molecule is CN(C(=O)CCc1ccccc1Br)C1CC2CCC(C1)N2. The molecule has 0 aliphatic carbocycles. The second kappa shape index (κ2) is 6.49. The molecule has 1 amide bonds. The molecule has 2 bridgehead atoms. The quantitative estimate of drug-likeness (QED) is 0.904. The molecule has 4 heteroatoms. The average Bonchev–Trinajstić information content (AvgIpc) is 2.83. The number of hydrogen-bond donors (Lipinski definition) is 1. The van der Waals surface area contributed by atoms with Gasteiger partial charge in [0.25, 0.3) is 0 Å². The summed E-state index contributed by atoms with van der Waals surface area (Å²) in [5.41, 5.74) is 1.21. The fourth-order valence-corrected chi connectivity index (χ4v) is 4.15. The van der Waals surface area contributed by atoms with Crippen molar-refractivity contribution in [2.75, 3.05) is 7.05 Å². The first-order valence-electron chi connectivity index (χ1n) is 7.88. The molecule has 0 spiro atoms. The van der Waals surface area contributed by atoms with Gasteiger partial charge in [-0.25, -0.2) is 0 Å². The van der Waals surface area contributed by atoms with Crippen molar-refractivity contribution in [2.24, 2.45) is 0 Å². The van der Waals surface area contributed by atoms with Crippen LogP contribution >= 0.6 is 15.9 Å². The Bertz CT molecular complexity index is 507. The van der Waals surface area contributed by atoms with E-state index in [1.807, 2.05) is 30.1 Å². The number of carbonyl (C=O) groups excluding carboxylic acids is 1. The summed E-state index contributed by atoms with van der Waals surface area (Å²) in [7, 11) is 1.98. The smallest absolute Gasteiger partial charge is 0.222 e. The molecular weight excluding hydrogens is 328 g/mol. The Morgan fingerprint density at radius 3 is 2.62 bits per heavy atom. The van der Waals surface area contributed by atoms with E-state index in [-0.39, 0.29) is 5.91 Å². The van der Waals surface area contributed by atoms with Gasteiger partial charge in [0.15, 0.2) is 0 Å². The molecule has 2 aliphatic heterocycles. The lowest BCUT2D eigenvalue weighted by Crippen LogP contribution is -2.48. The van der Waals surface area contributed by atoms with Crippen molar-refractivity contribution < 1.29 is 4.79 Å². The Balaban J connectivity index is 1.54. The zero-order chi connectivity index (χ0) is 14.8. The van der Waals surface area contributed by atoms with Crippen molar-refractivity contribution in [2.45, 2.75) is 56.7 Å². The van der Waals surface area contributed by atoms with Gasteiger partial charge >= 0.3 is 0 Å². The van der Waals surface area contributed by atoms with Crippen molar-refractivity contribution in [3.63, 3.8) is 0 Å². The molecule has 2 unspecified atom stereocenters. The number of piperidine rings is 1. The molecule has 2 heterocycles. The highest BCUT2D eigenvalue weighted by atomic mass is 79.9. The van der Waals surface area contributed by atoms with Crippen LogP contribution in [0.4, 0.5) is 0 Å². The van der Waals surface area contributed by atoms with E-state index in [4.69, 9.17) is 0 Å². The summed E-state index contributed by atoms with van der Waals surface area (Å²) in [6, 6.07) is 9.84. The normalized spacial score (nSPS) is 27.6. The third-order valence-corrected chi connectivity index (χ3v) is 5.73. The van der Waals surface area contributed by atoms with Crippen LogP contribution in [0.15, 0.2) is 28.7 Å². The molecule has 1 N–H and O–H groups in total. The van der Waals surface area contributed by atoms with Crippen molar-refractivity contribution >= 4 is 21.8 Å². The minimum atomic E-state index is 0.275. The zero-order valence-corrected chi connectivity index (χ0v) is 14.1. The van der Waals surface area contributed by atoms with Gasteiger partial charge in [-0.05, 0) is 43.7 Å². The first kappa shape index (κ1) is 15.0. The van der Waals surface area contributed by atoms with E-state index in [1.165, 1.54) is 18.4 Å². The lowest BCUT2D eigenvalue weighted by Gasteiger charge is -2.35. The minimum absolute atomic E-state index is 0.275. The van der Waals surface area contributed by atoms with Crippen LogP contribution in [0.5, 0.6) is 0 Å². The van der Waals surface area contributed by atoms with Gasteiger partial charge in [0.1, 0.15) is 0 Å². The number of benzene rings is 1. The molecule has 0 saturated carbocycles. The molecule has 114 valence electrons. The Kier molecular flexibility index (Phi) is 4.65. The summed E-state index contributed by atoms with van der Waals surface area (Å²) in [6.45, 7) is 0. The Morgan fingerprint density at radius 1 is 1.29 bits per heavy atom. The summed E-state index contributed by atoms with van der Waals surface area (Å²) in [5.74, 6) is 0.275. The molecule has 1 aromatic carbocycles. The molecule has 2 aliphatic rings. The maximum Gasteiger partial charge on any atom is 0.222 e. The fraction of sp³-hybridized carbons (Fsp3) is 0.588. The third kappa shape index (κ3) is 3.49. The second-order valence-electron chi connectivity index (χ2n) is 6.36. The predicted molar refractivity (Wildman–Crippen MR) is 88.2 cm³/mol. The third-order valence-electron chi connectivity index (χ3n) is 4.96. The summed E-state index contributed by atoms with van der Waals surface area (Å²) >= 11 is 3.55. The standard InChI is InChI=1S/C17H23BrN2O/c1-20(15-10-13-7-8-14(11-15)19-13)17(21)9-6-12-4-2-3-5-16(12)18/h2-5,13-15,19H,6-11H2,1H3. The lowest BCUT2D eigenvalue weighted by molar-refractivity contribution is -0.132. The highest BCUT2D eigenvalue weighted by molar-refractivity contribution is 9.10. The maximum absolute atomic E-state index is 12.5. The van der Waals surface area contributed by atoms with E-state index in [0.29, 0.717) is 24.5 Å². The second-order valence-corrected chi connectivity index (χ2v) is 7.21. The van der Waals surface area contributed by atoms with Crippen molar-refractivity contribution in [3.8, 4) is 0 Å². The molecule has 3 nitrogen and oxygen atoms in total. The predicted octanol–water partition coefficient (Wildman–Crippen LogP) is 3.12. The maximum atomic E-state index is 12.5. The van der Waals surface area contributed by atoms with E-state index in [2.05, 4.69) is 27.3 Å². The van der Waals surface area contributed by atoms with E-state index >= 15 is 0 Å². The summed E-state index contributed by atoms with van der Waals surface area (Å²) < 4.78 is 1.10. The average molecular weight is 351 g/mol. The number of nitrogens with one attached hydrogen (secondary N) is 1. The van der Waals surface area contributed by atoms with Gasteiger partial charge in [0.2, 0.25) is 5.91 Å². The monoisotopic (exact) mass is 350 g/mol. The van der Waals surface area contributed by atoms with Crippen LogP contribution in [-0.2, 0) is 11.2 Å². The van der Waals surface area contributed by atoms with E-state index in [1.54, 1.807) is 0 Å². The molecule has 2 atom stereocenters. The number of aryl methyl sites for hydroxylation is 1. The van der Waals surface area contributed by atoms with Crippen molar-refractivity contribution in [1.82, 2.24) is 10.2 Å². The fourth-order valence-electron chi connectivity index (χ4n) is 3.67. The molecule has 0 radical (unpaired) electrons. The molecular formula is C17H23BrN2O. The number of carbonyl (C=O) groups is 1. The largest absolute Gasteiger partial charge is 0.343 e. The van der Waals surface area contributed by atoms with E-state index < -0.39 is 0 Å². The van der Waals surface area contributed by atoms with Gasteiger partial charge in [-0.1, -0.05) is 34.1 Å². The van der Waals surface area contributed by atoms with Crippen LogP contribution in [-0.4, -0.2) is 36.0 Å². The summed E-state index contributed by atoms with van der Waals surface area (Å²) in [4.78, 5) is 14.5. The number of fused-ring (bicyclic) bond motifs is 2. The number of halogens is 1. The first-order chi connectivity index (χ1) is 10.1. The van der Waals surface area contributed by atoms with Gasteiger partial charge in [-0.15, -0.1) is 0 Å². The molecule has 3 rings (SSSR count). The molecule has 2 saturated heterocycles. The summed E-state index contributed by atoms with van der Waals surface area (Å²) in [5, 5.41) is 3.64.